The Balaban J connectivity index is 2.71. The van der Waals surface area contributed by atoms with Gasteiger partial charge in [0.2, 0.25) is 0 Å². The van der Waals surface area contributed by atoms with E-state index in [0.29, 0.717) is 12.0 Å². The topological polar surface area (TPSA) is 12.0 Å². The molecule has 1 N–H and O–H groups in total. The van der Waals surface area contributed by atoms with Crippen molar-refractivity contribution in [3.8, 4) is 0 Å². The van der Waals surface area contributed by atoms with E-state index in [4.69, 9.17) is 0 Å². The molecule has 0 heterocycles. The summed E-state index contributed by atoms with van der Waals surface area (Å²) < 4.78 is 75.0. The maximum atomic E-state index is 12.7. The lowest BCUT2D eigenvalue weighted by molar-refractivity contribution is -0.137. The highest BCUT2D eigenvalue weighted by Gasteiger charge is 2.31. The van der Waals surface area contributed by atoms with Crippen molar-refractivity contribution >= 4 is 11.8 Å². The molecule has 1 nitrogen and oxygen atoms in total. The van der Waals surface area contributed by atoms with Crippen molar-refractivity contribution in [1.82, 2.24) is 5.32 Å². The number of alkyl halides is 6. The molecule has 1 rings (SSSR count). The van der Waals surface area contributed by atoms with Crippen LogP contribution in [0, 0.1) is 5.92 Å². The minimum atomic E-state index is -4.43. The van der Waals surface area contributed by atoms with Crippen LogP contribution in [-0.2, 0) is 12.7 Å². The number of thioether (sulfide) groups is 1. The third kappa shape index (κ3) is 7.48. The Morgan fingerprint density at radius 3 is 2.30 bits per heavy atom. The van der Waals surface area contributed by atoms with Crippen molar-refractivity contribution < 1.29 is 26.3 Å². The van der Waals surface area contributed by atoms with E-state index in [1.54, 1.807) is 0 Å². The van der Waals surface area contributed by atoms with Gasteiger partial charge in [-0.15, -0.1) is 0 Å². The molecule has 0 aliphatic heterocycles. The molecular formula is C15H19F6NS. The van der Waals surface area contributed by atoms with E-state index in [1.165, 1.54) is 12.1 Å². The molecule has 0 aliphatic carbocycles. The molecule has 8 heteroatoms. The van der Waals surface area contributed by atoms with Crippen LogP contribution in [0.5, 0.6) is 0 Å². The van der Waals surface area contributed by atoms with Gasteiger partial charge in [0.05, 0.1) is 5.56 Å². The quantitative estimate of drug-likeness (QED) is 0.649. The first kappa shape index (κ1) is 20.2. The second-order valence-electron chi connectivity index (χ2n) is 5.33. The van der Waals surface area contributed by atoms with Crippen molar-refractivity contribution in [2.45, 2.75) is 44.5 Å². The highest BCUT2D eigenvalue weighted by molar-refractivity contribution is 8.00. The van der Waals surface area contributed by atoms with Crippen LogP contribution in [0.2, 0.25) is 0 Å². The lowest BCUT2D eigenvalue weighted by Gasteiger charge is -2.25. The summed E-state index contributed by atoms with van der Waals surface area (Å²) in [7, 11) is 0. The van der Waals surface area contributed by atoms with Gasteiger partial charge in [-0.3, -0.25) is 0 Å². The summed E-state index contributed by atoms with van der Waals surface area (Å²) in [5.41, 5.74) is -4.68. The Morgan fingerprint density at radius 1 is 1.13 bits per heavy atom. The third-order valence-electron chi connectivity index (χ3n) is 3.58. The molecular weight excluding hydrogens is 340 g/mol. The molecule has 0 saturated heterocycles. The molecule has 0 saturated carbocycles. The predicted molar refractivity (Wildman–Crippen MR) is 80.0 cm³/mol. The summed E-state index contributed by atoms with van der Waals surface area (Å²) in [6, 6.07) is 4.36. The maximum Gasteiger partial charge on any atom is 0.441 e. The Labute approximate surface area is 135 Å². The third-order valence-corrected chi connectivity index (χ3v) is 4.43. The van der Waals surface area contributed by atoms with Gasteiger partial charge in [0, 0.05) is 18.3 Å². The lowest BCUT2D eigenvalue weighted by Crippen LogP contribution is -2.37. The molecule has 23 heavy (non-hydrogen) atoms. The molecule has 2 unspecified atom stereocenters. The van der Waals surface area contributed by atoms with E-state index >= 15 is 0 Å². The predicted octanol–water partition coefficient (Wildman–Crippen LogP) is 5.46. The van der Waals surface area contributed by atoms with Crippen molar-refractivity contribution in [3.05, 3.63) is 35.4 Å². The number of nitrogens with one attached hydrogen (secondary N) is 1. The highest BCUT2D eigenvalue weighted by atomic mass is 32.2. The van der Waals surface area contributed by atoms with Gasteiger partial charge in [-0.05, 0) is 29.3 Å². The van der Waals surface area contributed by atoms with Gasteiger partial charge in [0.1, 0.15) is 0 Å². The van der Waals surface area contributed by atoms with Crippen LogP contribution in [-0.4, -0.2) is 17.3 Å². The van der Waals surface area contributed by atoms with Crippen LogP contribution in [0.3, 0.4) is 0 Å². The van der Waals surface area contributed by atoms with Crippen molar-refractivity contribution in [2.75, 3.05) is 5.75 Å². The van der Waals surface area contributed by atoms with Gasteiger partial charge in [0.25, 0.3) is 0 Å². The summed E-state index contributed by atoms with van der Waals surface area (Å²) in [5, 5.41) is 2.95. The molecule has 0 amide bonds. The molecule has 0 aliphatic rings. The first-order chi connectivity index (χ1) is 10.5. The zero-order chi connectivity index (χ0) is 17.7. The van der Waals surface area contributed by atoms with Crippen molar-refractivity contribution in [2.24, 2.45) is 5.92 Å². The molecule has 0 fully saturated rings. The average Bonchev–Trinajstić information content (AvgIpc) is 2.45. The second kappa shape index (κ2) is 8.28. The van der Waals surface area contributed by atoms with Crippen LogP contribution in [0.1, 0.15) is 31.4 Å². The Morgan fingerprint density at radius 2 is 1.78 bits per heavy atom. The minimum Gasteiger partial charge on any atom is -0.309 e. The summed E-state index contributed by atoms with van der Waals surface area (Å²) in [4.78, 5) is 0. The summed E-state index contributed by atoms with van der Waals surface area (Å²) in [5.74, 6) is -0.187. The highest BCUT2D eigenvalue weighted by Crippen LogP contribution is 2.32. The number of benzene rings is 1. The van der Waals surface area contributed by atoms with Gasteiger partial charge in [0.15, 0.2) is 0 Å². The van der Waals surface area contributed by atoms with E-state index in [9.17, 15) is 26.3 Å². The van der Waals surface area contributed by atoms with Crippen LogP contribution in [0.25, 0.3) is 0 Å². The maximum absolute atomic E-state index is 12.7. The van der Waals surface area contributed by atoms with Crippen molar-refractivity contribution in [3.63, 3.8) is 0 Å². The minimum absolute atomic E-state index is 0.0179. The van der Waals surface area contributed by atoms with Gasteiger partial charge in [-0.25, -0.2) is 0 Å². The Hall–Kier alpha value is -0.890. The van der Waals surface area contributed by atoms with E-state index in [2.05, 4.69) is 5.32 Å². The number of hydrogen-bond donors (Lipinski definition) is 1. The van der Waals surface area contributed by atoms with Crippen LogP contribution >= 0.6 is 11.8 Å². The number of hydrogen-bond acceptors (Lipinski definition) is 2. The molecule has 2 atom stereocenters. The standard InChI is InChI=1S/C15H19F6NS/c1-3-10(2)13(9-23-15(19,20)21)22-8-11-5-4-6-12(7-11)14(16,17)18/h4-7,10,13,22H,3,8-9H2,1-2H3. The van der Waals surface area contributed by atoms with Crippen LogP contribution in [0.15, 0.2) is 24.3 Å². The SMILES string of the molecule is CCC(C)C(CSC(F)(F)F)NCc1cccc(C(F)(F)F)c1. The number of rotatable bonds is 7. The molecule has 0 radical (unpaired) electrons. The van der Waals surface area contributed by atoms with Gasteiger partial charge in [-0.2, -0.15) is 26.3 Å². The fraction of sp³-hybridized carbons (Fsp3) is 0.600. The summed E-state index contributed by atoms with van der Waals surface area (Å²) in [6.45, 7) is 3.78. The zero-order valence-corrected chi connectivity index (χ0v) is 13.6. The summed E-state index contributed by atoms with van der Waals surface area (Å²) >= 11 is -0.115. The molecule has 0 aromatic heterocycles. The summed E-state index contributed by atoms with van der Waals surface area (Å²) in [6.07, 6.45) is -3.75. The normalized spacial score (nSPS) is 15.5. The zero-order valence-electron chi connectivity index (χ0n) is 12.8. The first-order valence-electron chi connectivity index (χ1n) is 7.13. The van der Waals surface area contributed by atoms with E-state index in [-0.39, 0.29) is 30.0 Å². The first-order valence-corrected chi connectivity index (χ1v) is 8.11. The fourth-order valence-corrected chi connectivity index (χ4v) is 2.81. The largest absolute Gasteiger partial charge is 0.441 e. The van der Waals surface area contributed by atoms with Gasteiger partial charge in [-0.1, -0.05) is 38.5 Å². The van der Waals surface area contributed by atoms with E-state index < -0.39 is 23.3 Å². The van der Waals surface area contributed by atoms with Gasteiger partial charge < -0.3 is 5.32 Å². The number of halogens is 6. The Bertz CT molecular complexity index is 486. The van der Waals surface area contributed by atoms with Crippen molar-refractivity contribution in [1.29, 1.82) is 0 Å². The average molecular weight is 359 g/mol. The lowest BCUT2D eigenvalue weighted by atomic mass is 10.0. The van der Waals surface area contributed by atoms with E-state index in [0.717, 1.165) is 12.1 Å². The smallest absolute Gasteiger partial charge is 0.309 e. The molecule has 1 aromatic carbocycles. The Kier molecular flexibility index (Phi) is 7.26. The molecule has 0 bridgehead atoms. The van der Waals surface area contributed by atoms with Crippen LogP contribution < -0.4 is 5.32 Å². The monoisotopic (exact) mass is 359 g/mol. The molecule has 1 aromatic rings. The molecule has 132 valence electrons. The van der Waals surface area contributed by atoms with Gasteiger partial charge >= 0.3 is 11.7 Å². The van der Waals surface area contributed by atoms with Crippen LogP contribution in [0.4, 0.5) is 26.3 Å². The fourth-order valence-electron chi connectivity index (χ4n) is 2.00. The van der Waals surface area contributed by atoms with E-state index in [1.807, 2.05) is 13.8 Å². The molecule has 0 spiro atoms. The second-order valence-corrected chi connectivity index (χ2v) is 6.41.